The molecule has 7 nitrogen and oxygen atoms in total. The number of amides is 1. The van der Waals surface area contributed by atoms with Gasteiger partial charge in [-0.05, 0) is 36.4 Å². The normalized spacial score (nSPS) is 13.8. The van der Waals surface area contributed by atoms with Crippen LogP contribution in [0.1, 0.15) is 26.3 Å². The van der Waals surface area contributed by atoms with Crippen LogP contribution in [-0.2, 0) is 0 Å². The Bertz CT molecular complexity index is 1250. The van der Waals surface area contributed by atoms with Crippen molar-refractivity contribution in [1.29, 1.82) is 5.41 Å². The summed E-state index contributed by atoms with van der Waals surface area (Å²) in [6, 6.07) is 12.2. The van der Waals surface area contributed by atoms with Crippen LogP contribution in [0.4, 0.5) is 10.1 Å². The molecule has 1 aromatic heterocycles. The highest BCUT2D eigenvalue weighted by molar-refractivity contribution is 9.10. The van der Waals surface area contributed by atoms with E-state index in [1.54, 1.807) is 29.2 Å². The number of para-hydroxylation sites is 1. The fourth-order valence-corrected chi connectivity index (χ4v) is 3.95. The largest absolute Gasteiger partial charge is 0.507 e. The van der Waals surface area contributed by atoms with Crippen LogP contribution in [0.2, 0.25) is 0 Å². The Balaban J connectivity index is 1.53. The van der Waals surface area contributed by atoms with Crippen LogP contribution in [-0.4, -0.2) is 47.9 Å². The standard InChI is InChI=1S/C23H19BrFN3O4/c24-15-5-6-20(29)16(12-15)21(30)14-11-17(22(26)32-13-14)23(31)28-9-7-27(8-10-28)19-4-2-1-3-18(19)25/h1-6,11-13,26,29H,7-10H2. The SMILES string of the molecule is N=c1occ(C(=O)c2cc(Br)ccc2O)cc1C(=O)N1CCN(c2ccccc2F)CC1. The molecule has 0 radical (unpaired) electrons. The second kappa shape index (κ2) is 8.96. The molecular weight excluding hydrogens is 481 g/mol. The lowest BCUT2D eigenvalue weighted by atomic mass is 10.0. The predicted molar refractivity (Wildman–Crippen MR) is 118 cm³/mol. The number of halogens is 2. The summed E-state index contributed by atoms with van der Waals surface area (Å²) in [6.07, 6.45) is 1.10. The number of phenols is 1. The first kappa shape index (κ1) is 21.8. The molecule has 0 unspecified atom stereocenters. The van der Waals surface area contributed by atoms with Gasteiger partial charge in [0.2, 0.25) is 5.55 Å². The zero-order valence-electron chi connectivity index (χ0n) is 16.8. The molecular formula is C23H19BrFN3O4. The molecule has 2 aromatic carbocycles. The van der Waals surface area contributed by atoms with Gasteiger partial charge < -0.3 is 19.3 Å². The summed E-state index contributed by atoms with van der Waals surface area (Å²) in [5.74, 6) is -1.50. The number of phenolic OH excluding ortho intramolecular Hbond substituents is 1. The number of hydrogen-bond donors (Lipinski definition) is 2. The number of nitrogens with zero attached hydrogens (tertiary/aromatic N) is 2. The minimum Gasteiger partial charge on any atom is -0.507 e. The smallest absolute Gasteiger partial charge is 0.259 e. The number of hydrogen-bond acceptors (Lipinski definition) is 6. The highest BCUT2D eigenvalue weighted by atomic mass is 79.9. The van der Waals surface area contributed by atoms with Gasteiger partial charge in [-0.2, -0.15) is 0 Å². The van der Waals surface area contributed by atoms with Gasteiger partial charge in [0.15, 0.2) is 5.78 Å². The number of aromatic hydroxyl groups is 1. The number of benzene rings is 2. The predicted octanol–water partition coefficient (Wildman–Crippen LogP) is 3.56. The maximum absolute atomic E-state index is 14.0. The van der Waals surface area contributed by atoms with Crippen LogP contribution in [0.25, 0.3) is 0 Å². The van der Waals surface area contributed by atoms with Crippen molar-refractivity contribution in [1.82, 2.24) is 4.90 Å². The van der Waals surface area contributed by atoms with Gasteiger partial charge >= 0.3 is 0 Å². The highest BCUT2D eigenvalue weighted by Gasteiger charge is 2.26. The van der Waals surface area contributed by atoms with Crippen LogP contribution >= 0.6 is 15.9 Å². The average Bonchev–Trinajstić information content (AvgIpc) is 2.80. The van der Waals surface area contributed by atoms with E-state index in [0.717, 1.165) is 6.26 Å². The first-order valence-electron chi connectivity index (χ1n) is 9.84. The molecule has 1 fully saturated rings. The molecule has 2 N–H and O–H groups in total. The van der Waals surface area contributed by atoms with E-state index in [-0.39, 0.29) is 33.8 Å². The van der Waals surface area contributed by atoms with E-state index >= 15 is 0 Å². The number of piperazine rings is 1. The monoisotopic (exact) mass is 499 g/mol. The van der Waals surface area contributed by atoms with Crippen molar-refractivity contribution in [3.05, 3.63) is 87.3 Å². The molecule has 9 heteroatoms. The Morgan fingerprint density at radius 2 is 1.75 bits per heavy atom. The van der Waals surface area contributed by atoms with Crippen LogP contribution < -0.4 is 10.5 Å². The number of rotatable bonds is 4. The summed E-state index contributed by atoms with van der Waals surface area (Å²) < 4.78 is 19.8. The average molecular weight is 500 g/mol. The zero-order chi connectivity index (χ0) is 22.8. The van der Waals surface area contributed by atoms with E-state index in [1.807, 2.05) is 4.90 Å². The van der Waals surface area contributed by atoms with Gasteiger partial charge in [0, 0.05) is 30.7 Å². The third-order valence-corrected chi connectivity index (χ3v) is 5.80. The van der Waals surface area contributed by atoms with Crippen LogP contribution in [0.15, 0.2) is 63.7 Å². The summed E-state index contributed by atoms with van der Waals surface area (Å²) in [7, 11) is 0. The van der Waals surface area contributed by atoms with Gasteiger partial charge in [-0.3, -0.25) is 15.0 Å². The maximum atomic E-state index is 14.0. The zero-order valence-corrected chi connectivity index (χ0v) is 18.4. The molecule has 1 amide bonds. The molecule has 1 saturated heterocycles. The van der Waals surface area contributed by atoms with E-state index in [4.69, 9.17) is 9.83 Å². The third kappa shape index (κ3) is 4.29. The highest BCUT2D eigenvalue weighted by Crippen LogP contribution is 2.25. The number of anilines is 1. The maximum Gasteiger partial charge on any atom is 0.259 e. The minimum absolute atomic E-state index is 0.0442. The molecule has 0 bridgehead atoms. The molecule has 4 rings (SSSR count). The van der Waals surface area contributed by atoms with E-state index in [0.29, 0.717) is 36.3 Å². The van der Waals surface area contributed by atoms with Gasteiger partial charge in [0.1, 0.15) is 23.4 Å². The number of ketones is 1. The Morgan fingerprint density at radius 3 is 2.47 bits per heavy atom. The molecule has 2 heterocycles. The van der Waals surface area contributed by atoms with Crippen molar-refractivity contribution in [2.45, 2.75) is 0 Å². The van der Waals surface area contributed by atoms with Gasteiger partial charge in [-0.25, -0.2) is 4.39 Å². The van der Waals surface area contributed by atoms with Gasteiger partial charge in [0.05, 0.1) is 16.8 Å². The Kier molecular flexibility index (Phi) is 6.09. The van der Waals surface area contributed by atoms with Gasteiger partial charge in [0.25, 0.3) is 5.91 Å². The summed E-state index contributed by atoms with van der Waals surface area (Å²) in [6.45, 7) is 1.53. The quantitative estimate of drug-likeness (QED) is 0.534. The van der Waals surface area contributed by atoms with Crippen molar-refractivity contribution in [2.75, 3.05) is 31.1 Å². The Hall–Kier alpha value is -3.46. The third-order valence-electron chi connectivity index (χ3n) is 5.30. The lowest BCUT2D eigenvalue weighted by Crippen LogP contribution is -2.49. The molecule has 164 valence electrons. The summed E-state index contributed by atoms with van der Waals surface area (Å²) in [5, 5.41) is 18.0. The molecule has 0 aliphatic carbocycles. The summed E-state index contributed by atoms with van der Waals surface area (Å²) in [5.41, 5.74) is 0.162. The first-order chi connectivity index (χ1) is 15.3. The number of carbonyl (C=O) groups is 2. The summed E-state index contributed by atoms with van der Waals surface area (Å²) in [4.78, 5) is 29.3. The fraction of sp³-hybridized carbons (Fsp3) is 0.174. The molecule has 32 heavy (non-hydrogen) atoms. The molecule has 1 aliphatic rings. The number of nitrogens with one attached hydrogen (secondary N) is 1. The number of carbonyl (C=O) groups excluding carboxylic acids is 2. The van der Waals surface area contributed by atoms with E-state index in [9.17, 15) is 19.1 Å². The summed E-state index contributed by atoms with van der Waals surface area (Å²) >= 11 is 3.26. The second-order valence-electron chi connectivity index (χ2n) is 7.30. The van der Waals surface area contributed by atoms with Crippen molar-refractivity contribution >= 4 is 33.3 Å². The Labute approximate surface area is 191 Å². The van der Waals surface area contributed by atoms with E-state index in [1.165, 1.54) is 24.3 Å². The van der Waals surface area contributed by atoms with Crippen molar-refractivity contribution in [3.8, 4) is 5.75 Å². The van der Waals surface area contributed by atoms with Gasteiger partial charge in [-0.15, -0.1) is 0 Å². The van der Waals surface area contributed by atoms with Gasteiger partial charge in [-0.1, -0.05) is 28.1 Å². The molecule has 0 saturated carbocycles. The molecule has 3 aromatic rings. The second-order valence-corrected chi connectivity index (χ2v) is 8.22. The Morgan fingerprint density at radius 1 is 1.03 bits per heavy atom. The van der Waals surface area contributed by atoms with Crippen molar-refractivity contribution < 1.29 is 23.5 Å². The van der Waals surface area contributed by atoms with E-state index < -0.39 is 11.7 Å². The van der Waals surface area contributed by atoms with Crippen molar-refractivity contribution in [2.24, 2.45) is 0 Å². The lowest BCUT2D eigenvalue weighted by molar-refractivity contribution is 0.0741. The molecule has 1 aliphatic heterocycles. The van der Waals surface area contributed by atoms with E-state index in [2.05, 4.69) is 15.9 Å². The first-order valence-corrected chi connectivity index (χ1v) is 10.6. The topological polar surface area (TPSA) is 97.8 Å². The van der Waals surface area contributed by atoms with Crippen LogP contribution in [0.5, 0.6) is 5.75 Å². The van der Waals surface area contributed by atoms with Crippen LogP contribution in [0.3, 0.4) is 0 Å². The molecule has 0 atom stereocenters. The lowest BCUT2D eigenvalue weighted by Gasteiger charge is -2.36. The molecule has 0 spiro atoms. The van der Waals surface area contributed by atoms with Crippen LogP contribution in [0, 0.1) is 11.2 Å². The minimum atomic E-state index is -0.536. The van der Waals surface area contributed by atoms with Crippen molar-refractivity contribution in [3.63, 3.8) is 0 Å². The fourth-order valence-electron chi connectivity index (χ4n) is 3.59.